The third kappa shape index (κ3) is 14.2. The second-order valence-corrected chi connectivity index (χ2v) is 16.3. The molecule has 0 aliphatic heterocycles. The Hall–Kier alpha value is -7.51. The van der Waals surface area contributed by atoms with Crippen molar-refractivity contribution in [1.82, 2.24) is 10.6 Å². The van der Waals surface area contributed by atoms with Crippen LogP contribution in [0.15, 0.2) is 151 Å². The first-order valence-electron chi connectivity index (χ1n) is 22.7. The molecule has 0 bridgehead atoms. The average Bonchev–Trinajstić information content (AvgIpc) is 3.35. The summed E-state index contributed by atoms with van der Waals surface area (Å²) < 4.78 is 18.5. The number of carbonyl (C=O) groups excluding carboxylic acids is 4. The van der Waals surface area contributed by atoms with Gasteiger partial charge in [0.05, 0.1) is 6.04 Å². The van der Waals surface area contributed by atoms with Crippen LogP contribution < -0.4 is 37.3 Å². The number of fused-ring (bicyclic) bond motifs is 2. The van der Waals surface area contributed by atoms with Gasteiger partial charge in [-0.25, -0.2) is 4.79 Å². The van der Waals surface area contributed by atoms with E-state index in [2.05, 4.69) is 22.2 Å². The van der Waals surface area contributed by atoms with Gasteiger partial charge in [0.1, 0.15) is 30.8 Å². The van der Waals surface area contributed by atoms with Crippen LogP contribution in [0.5, 0.6) is 11.5 Å². The minimum atomic E-state index is -1.04. The fourth-order valence-corrected chi connectivity index (χ4v) is 7.94. The van der Waals surface area contributed by atoms with Gasteiger partial charge >= 0.3 is 5.97 Å². The lowest BCUT2D eigenvalue weighted by molar-refractivity contribution is -0.149. The fraction of sp³-hybridized carbons (Fsp3) is 0.278. The minimum absolute atomic E-state index is 0.0209. The summed E-state index contributed by atoms with van der Waals surface area (Å²) in [4.78, 5) is 59.4. The first kappa shape index (κ1) is 48.9. The zero-order chi connectivity index (χ0) is 47.4. The van der Waals surface area contributed by atoms with E-state index in [0.29, 0.717) is 43.9 Å². The highest BCUT2D eigenvalue weighted by Gasteiger charge is 2.31. The van der Waals surface area contributed by atoms with Crippen molar-refractivity contribution in [2.24, 2.45) is 28.1 Å². The molecule has 0 spiro atoms. The number of unbranched alkanes of at least 4 members (excludes halogenated alkanes) is 1. The maximum atomic E-state index is 14.3. The number of hydrogen-bond donors (Lipinski definition) is 5. The highest BCUT2D eigenvalue weighted by atomic mass is 16.5. The summed E-state index contributed by atoms with van der Waals surface area (Å²) in [5.41, 5.74) is 20.3. The van der Waals surface area contributed by atoms with Gasteiger partial charge in [-0.2, -0.15) is 0 Å². The highest BCUT2D eigenvalue weighted by Crippen LogP contribution is 2.45. The summed E-state index contributed by atoms with van der Waals surface area (Å²) >= 11 is 0. The topological polar surface area (TPSA) is 210 Å². The standard InChI is InChI=1S/C54H60N6O7/c1-2-16-45(53(64)67-35-38-19-7-4-8-20-38)60-52(63)41(23-15-32-58-54(56)57)33-46(61)44(26-13-14-31-55)59-49(62)36-66-48-30-28-40-22-10-12-25-43(40)51(48)50-42-24-11-9-21-39(42)27-29-47(50)65-34-37-17-5-3-6-18-37/h2-12,17-22,24-25,27-30,41,44-45H,1,13-16,23,26,31-36,55H2,(H,59,62)(H,60,63)(H4,56,57,58)/t41-,44+,45-/m0/s1. The SMILES string of the molecule is C=CC[C@H](NC(=O)[C@@H](CCCN=C(N)N)CC(=O)[C@@H](CCCCN)NC(=O)COc1ccc2ccccc2c1-c1c(OCc2ccccc2)ccc2ccccc12)C(=O)OCc1ccccc1. The van der Waals surface area contributed by atoms with Crippen molar-refractivity contribution in [3.63, 3.8) is 0 Å². The number of hydrogen-bond acceptors (Lipinski definition) is 9. The highest BCUT2D eigenvalue weighted by molar-refractivity contribution is 6.10. The predicted octanol–water partition coefficient (Wildman–Crippen LogP) is 7.66. The normalized spacial score (nSPS) is 12.3. The summed E-state index contributed by atoms with van der Waals surface area (Å²) in [6.07, 6.45) is 3.43. The number of benzene rings is 6. The molecular formula is C54H60N6O7. The van der Waals surface area contributed by atoms with E-state index >= 15 is 0 Å². The van der Waals surface area contributed by atoms with Gasteiger partial charge in [-0.3, -0.25) is 19.4 Å². The second-order valence-electron chi connectivity index (χ2n) is 16.3. The summed E-state index contributed by atoms with van der Waals surface area (Å²) in [6, 6.07) is 40.9. The smallest absolute Gasteiger partial charge is 0.329 e. The quantitative estimate of drug-likeness (QED) is 0.0118. The zero-order valence-electron chi connectivity index (χ0n) is 37.7. The fourth-order valence-electron chi connectivity index (χ4n) is 7.94. The number of ketones is 1. The Kier molecular flexibility index (Phi) is 18.4. The monoisotopic (exact) mass is 904 g/mol. The molecule has 0 aliphatic carbocycles. The third-order valence-corrected chi connectivity index (χ3v) is 11.3. The van der Waals surface area contributed by atoms with Crippen molar-refractivity contribution < 1.29 is 33.4 Å². The molecule has 0 saturated heterocycles. The second kappa shape index (κ2) is 25.3. The molecule has 67 heavy (non-hydrogen) atoms. The van der Waals surface area contributed by atoms with Gasteiger partial charge in [-0.05, 0) is 89.9 Å². The number of nitrogens with one attached hydrogen (secondary N) is 2. The van der Waals surface area contributed by atoms with Crippen LogP contribution in [0.1, 0.15) is 56.1 Å². The number of nitrogens with two attached hydrogens (primary N) is 3. The summed E-state index contributed by atoms with van der Waals surface area (Å²) in [6.45, 7) is 4.32. The van der Waals surface area contributed by atoms with Gasteiger partial charge < -0.3 is 42.0 Å². The van der Waals surface area contributed by atoms with Gasteiger partial charge in [-0.1, -0.05) is 127 Å². The number of esters is 1. The summed E-state index contributed by atoms with van der Waals surface area (Å²) in [5, 5.41) is 9.52. The molecule has 0 radical (unpaired) electrons. The molecule has 0 unspecified atom stereocenters. The number of rotatable bonds is 26. The molecule has 13 heteroatoms. The average molecular weight is 905 g/mol. The zero-order valence-corrected chi connectivity index (χ0v) is 37.7. The van der Waals surface area contributed by atoms with Crippen LogP contribution in [-0.4, -0.2) is 61.3 Å². The Labute approximate surface area is 391 Å². The Bertz CT molecular complexity index is 2630. The van der Waals surface area contributed by atoms with Gasteiger partial charge in [0.2, 0.25) is 5.91 Å². The number of ether oxygens (including phenoxy) is 3. The van der Waals surface area contributed by atoms with Gasteiger partial charge in [-0.15, -0.1) is 6.58 Å². The molecule has 6 rings (SSSR count). The van der Waals surface area contributed by atoms with Crippen LogP contribution in [0, 0.1) is 5.92 Å². The van der Waals surface area contributed by atoms with E-state index in [4.69, 9.17) is 31.4 Å². The summed E-state index contributed by atoms with van der Waals surface area (Å²) in [5.74, 6) is -1.93. The molecule has 6 aromatic rings. The lowest BCUT2D eigenvalue weighted by atomic mass is 9.91. The molecule has 2 amide bonds. The van der Waals surface area contributed by atoms with Crippen molar-refractivity contribution in [3.05, 3.63) is 157 Å². The van der Waals surface area contributed by atoms with Crippen molar-refractivity contribution in [2.75, 3.05) is 19.7 Å². The number of carbonyl (C=O) groups is 4. The Morgan fingerprint density at radius 3 is 1.82 bits per heavy atom. The van der Waals surface area contributed by atoms with Crippen LogP contribution in [0.4, 0.5) is 0 Å². The van der Waals surface area contributed by atoms with Gasteiger partial charge in [0, 0.05) is 30.0 Å². The van der Waals surface area contributed by atoms with Crippen LogP contribution in [0.25, 0.3) is 32.7 Å². The lowest BCUT2D eigenvalue weighted by Gasteiger charge is -2.24. The maximum absolute atomic E-state index is 14.3. The van der Waals surface area contributed by atoms with Crippen LogP contribution in [0.2, 0.25) is 0 Å². The first-order valence-corrected chi connectivity index (χ1v) is 22.7. The van der Waals surface area contributed by atoms with Crippen LogP contribution in [0.3, 0.4) is 0 Å². The Morgan fingerprint density at radius 2 is 1.22 bits per heavy atom. The van der Waals surface area contributed by atoms with Crippen molar-refractivity contribution in [3.8, 4) is 22.6 Å². The molecular weight excluding hydrogens is 845 g/mol. The Morgan fingerprint density at radius 1 is 0.642 bits per heavy atom. The number of guanidine groups is 1. The Balaban J connectivity index is 1.22. The number of Topliss-reactive ketones (excluding diaryl/α,β-unsaturated/α-hetero) is 1. The molecule has 0 aliphatic rings. The van der Waals surface area contributed by atoms with Crippen LogP contribution >= 0.6 is 0 Å². The number of amides is 2. The molecule has 0 heterocycles. The predicted molar refractivity (Wildman–Crippen MR) is 264 cm³/mol. The van der Waals surface area contributed by atoms with Crippen molar-refractivity contribution >= 4 is 51.1 Å². The lowest BCUT2D eigenvalue weighted by Crippen LogP contribution is -2.47. The van der Waals surface area contributed by atoms with Crippen LogP contribution in [-0.2, 0) is 37.1 Å². The van der Waals surface area contributed by atoms with E-state index in [1.165, 1.54) is 6.08 Å². The molecule has 0 fully saturated rings. The third-order valence-electron chi connectivity index (χ3n) is 11.3. The summed E-state index contributed by atoms with van der Waals surface area (Å²) in [7, 11) is 0. The van der Waals surface area contributed by atoms with E-state index < -0.39 is 42.4 Å². The largest absolute Gasteiger partial charge is 0.488 e. The van der Waals surface area contributed by atoms with E-state index in [1.54, 1.807) is 0 Å². The molecule has 348 valence electrons. The molecule has 0 saturated carbocycles. The maximum Gasteiger partial charge on any atom is 0.329 e. The number of nitrogens with zero attached hydrogens (tertiary/aromatic N) is 1. The van der Waals surface area contributed by atoms with E-state index in [-0.39, 0.29) is 50.6 Å². The number of aliphatic imine (C=N–C) groups is 1. The molecule has 0 aromatic heterocycles. The van der Waals surface area contributed by atoms with Crippen molar-refractivity contribution in [2.45, 2.75) is 70.2 Å². The van der Waals surface area contributed by atoms with E-state index in [1.807, 2.05) is 133 Å². The first-order chi connectivity index (χ1) is 32.6. The molecule has 3 atom stereocenters. The molecule has 8 N–H and O–H groups in total. The van der Waals surface area contributed by atoms with Crippen molar-refractivity contribution in [1.29, 1.82) is 0 Å². The van der Waals surface area contributed by atoms with Gasteiger partial charge in [0.15, 0.2) is 18.3 Å². The minimum Gasteiger partial charge on any atom is -0.488 e. The van der Waals surface area contributed by atoms with Gasteiger partial charge in [0.25, 0.3) is 5.91 Å². The van der Waals surface area contributed by atoms with E-state index in [9.17, 15) is 19.2 Å². The molecule has 13 nitrogen and oxygen atoms in total. The molecule has 6 aromatic carbocycles. The van der Waals surface area contributed by atoms with E-state index in [0.717, 1.165) is 43.8 Å².